The standard InChI is InChI=1S/C24H20O8S/c1-27-15-7-5-13(6-8-15)17-11-16(12-20-21(17)32-24(26)33-20)31-23(25)14-9-18(28-2)22(30-4)19(10-14)29-3/h5-12H,1-4H3. The Morgan fingerprint density at radius 1 is 0.818 bits per heavy atom. The Kier molecular flexibility index (Phi) is 6.23. The first-order valence-electron chi connectivity index (χ1n) is 9.71. The lowest BCUT2D eigenvalue weighted by Gasteiger charge is -2.14. The molecule has 170 valence electrons. The van der Waals surface area contributed by atoms with Crippen LogP contribution in [0.4, 0.5) is 0 Å². The summed E-state index contributed by atoms with van der Waals surface area (Å²) in [5, 5.41) is 0. The maximum Gasteiger partial charge on any atom is 0.396 e. The maximum absolute atomic E-state index is 13.0. The van der Waals surface area contributed by atoms with Gasteiger partial charge in [-0.1, -0.05) is 23.5 Å². The third-order valence-electron chi connectivity index (χ3n) is 4.92. The summed E-state index contributed by atoms with van der Waals surface area (Å²) < 4.78 is 32.7. The van der Waals surface area contributed by atoms with Crippen LogP contribution in [0.3, 0.4) is 0 Å². The van der Waals surface area contributed by atoms with E-state index in [1.807, 2.05) is 12.1 Å². The molecule has 0 fully saturated rings. The highest BCUT2D eigenvalue weighted by molar-refractivity contribution is 7.16. The molecule has 1 heterocycles. The van der Waals surface area contributed by atoms with Crippen LogP contribution in [0.25, 0.3) is 21.4 Å². The molecule has 4 aromatic rings. The second kappa shape index (κ2) is 9.25. The van der Waals surface area contributed by atoms with E-state index in [9.17, 15) is 9.59 Å². The lowest BCUT2D eigenvalue weighted by molar-refractivity contribution is 0.0734. The van der Waals surface area contributed by atoms with E-state index in [0.717, 1.165) is 16.9 Å². The average molecular weight is 468 g/mol. The van der Waals surface area contributed by atoms with Gasteiger partial charge in [0.2, 0.25) is 5.75 Å². The molecule has 4 rings (SSSR count). The average Bonchev–Trinajstić information content (AvgIpc) is 3.22. The topological polar surface area (TPSA) is 93.4 Å². The van der Waals surface area contributed by atoms with E-state index in [1.165, 1.54) is 33.5 Å². The summed E-state index contributed by atoms with van der Waals surface area (Å²) in [6, 6.07) is 13.5. The van der Waals surface area contributed by atoms with Gasteiger partial charge in [0.15, 0.2) is 17.1 Å². The number of ether oxygens (including phenoxy) is 5. The minimum atomic E-state index is -0.634. The maximum atomic E-state index is 13.0. The van der Waals surface area contributed by atoms with Gasteiger partial charge in [0.25, 0.3) is 0 Å². The van der Waals surface area contributed by atoms with Crippen molar-refractivity contribution in [2.24, 2.45) is 0 Å². The molecule has 0 unspecified atom stereocenters. The zero-order chi connectivity index (χ0) is 23.5. The molecular weight excluding hydrogens is 448 g/mol. The highest BCUT2D eigenvalue weighted by atomic mass is 32.1. The monoisotopic (exact) mass is 468 g/mol. The summed E-state index contributed by atoms with van der Waals surface area (Å²) in [4.78, 5) is 24.4. The fraction of sp³-hybridized carbons (Fsp3) is 0.167. The largest absolute Gasteiger partial charge is 0.497 e. The summed E-state index contributed by atoms with van der Waals surface area (Å²) in [5.74, 6) is 1.32. The second-order valence-electron chi connectivity index (χ2n) is 6.78. The van der Waals surface area contributed by atoms with Crippen molar-refractivity contribution in [3.63, 3.8) is 0 Å². The highest BCUT2D eigenvalue weighted by Gasteiger charge is 2.20. The van der Waals surface area contributed by atoms with Gasteiger partial charge >= 0.3 is 10.9 Å². The molecule has 0 radical (unpaired) electrons. The van der Waals surface area contributed by atoms with E-state index in [1.54, 1.807) is 31.4 Å². The smallest absolute Gasteiger partial charge is 0.396 e. The molecule has 0 bridgehead atoms. The lowest BCUT2D eigenvalue weighted by Crippen LogP contribution is -2.09. The summed E-state index contributed by atoms with van der Waals surface area (Å²) >= 11 is 0.928. The molecule has 0 aliphatic heterocycles. The molecule has 9 heteroatoms. The predicted octanol–water partition coefficient (Wildman–Crippen LogP) is 4.78. The Labute approximate surface area is 192 Å². The van der Waals surface area contributed by atoms with Gasteiger partial charge in [-0.05, 0) is 35.9 Å². The fourth-order valence-corrected chi connectivity index (χ4v) is 4.08. The molecule has 0 saturated heterocycles. The van der Waals surface area contributed by atoms with Crippen molar-refractivity contribution in [1.82, 2.24) is 0 Å². The molecule has 1 aromatic heterocycles. The van der Waals surface area contributed by atoms with Crippen LogP contribution in [0, 0.1) is 0 Å². The Morgan fingerprint density at radius 3 is 2.06 bits per heavy atom. The number of benzene rings is 3. The zero-order valence-electron chi connectivity index (χ0n) is 18.3. The van der Waals surface area contributed by atoms with Crippen LogP contribution in [-0.4, -0.2) is 34.4 Å². The summed E-state index contributed by atoms with van der Waals surface area (Å²) in [7, 11) is 5.98. The Bertz CT molecular complexity index is 1340. The van der Waals surface area contributed by atoms with Gasteiger partial charge < -0.3 is 28.1 Å². The number of carbonyl (C=O) groups excluding carboxylic acids is 1. The van der Waals surface area contributed by atoms with Gasteiger partial charge in [-0.2, -0.15) is 0 Å². The van der Waals surface area contributed by atoms with Crippen molar-refractivity contribution in [3.8, 4) is 39.9 Å². The quantitative estimate of drug-likeness (QED) is 0.283. The van der Waals surface area contributed by atoms with Crippen LogP contribution < -0.4 is 28.6 Å². The Balaban J connectivity index is 1.75. The number of carbonyl (C=O) groups is 1. The van der Waals surface area contributed by atoms with Crippen LogP contribution >= 0.6 is 11.3 Å². The minimum Gasteiger partial charge on any atom is -0.497 e. The van der Waals surface area contributed by atoms with Crippen molar-refractivity contribution >= 4 is 27.6 Å². The van der Waals surface area contributed by atoms with Crippen LogP contribution in [0.2, 0.25) is 0 Å². The first-order valence-corrected chi connectivity index (χ1v) is 10.5. The Morgan fingerprint density at radius 2 is 1.48 bits per heavy atom. The molecular formula is C24H20O8S. The van der Waals surface area contributed by atoms with Gasteiger partial charge in [-0.3, -0.25) is 0 Å². The van der Waals surface area contributed by atoms with Crippen LogP contribution in [-0.2, 0) is 0 Å². The summed E-state index contributed by atoms with van der Waals surface area (Å²) in [6.45, 7) is 0. The van der Waals surface area contributed by atoms with E-state index in [0.29, 0.717) is 38.8 Å². The van der Waals surface area contributed by atoms with Crippen molar-refractivity contribution in [1.29, 1.82) is 0 Å². The first kappa shape index (κ1) is 22.2. The number of hydrogen-bond donors (Lipinski definition) is 0. The predicted molar refractivity (Wildman–Crippen MR) is 123 cm³/mol. The van der Waals surface area contributed by atoms with Gasteiger partial charge in [0.05, 0.1) is 38.7 Å². The van der Waals surface area contributed by atoms with Crippen molar-refractivity contribution in [2.75, 3.05) is 28.4 Å². The second-order valence-corrected chi connectivity index (χ2v) is 7.76. The van der Waals surface area contributed by atoms with Crippen molar-refractivity contribution < 1.29 is 32.9 Å². The number of esters is 1. The molecule has 0 amide bonds. The van der Waals surface area contributed by atoms with Gasteiger partial charge in [-0.15, -0.1) is 0 Å². The van der Waals surface area contributed by atoms with E-state index < -0.39 is 10.9 Å². The normalized spacial score (nSPS) is 10.7. The summed E-state index contributed by atoms with van der Waals surface area (Å²) in [5.41, 5.74) is 2.01. The van der Waals surface area contributed by atoms with E-state index in [2.05, 4.69) is 0 Å². The first-order chi connectivity index (χ1) is 16.0. The summed E-state index contributed by atoms with van der Waals surface area (Å²) in [6.07, 6.45) is 0. The molecule has 33 heavy (non-hydrogen) atoms. The molecule has 0 saturated carbocycles. The van der Waals surface area contributed by atoms with Crippen LogP contribution in [0.5, 0.6) is 28.7 Å². The SMILES string of the molecule is COc1ccc(-c2cc(OC(=O)c3cc(OC)c(OC)c(OC)c3)cc3sc(=O)oc23)cc1. The van der Waals surface area contributed by atoms with Gasteiger partial charge in [-0.25, -0.2) is 9.59 Å². The molecule has 3 aromatic carbocycles. The Hall–Kier alpha value is -3.98. The molecule has 0 atom stereocenters. The van der Waals surface area contributed by atoms with E-state index in [4.69, 9.17) is 28.1 Å². The number of methoxy groups -OCH3 is 4. The highest BCUT2D eigenvalue weighted by Crippen LogP contribution is 2.39. The third-order valence-corrected chi connectivity index (χ3v) is 5.69. The number of rotatable bonds is 7. The van der Waals surface area contributed by atoms with Gasteiger partial charge in [0, 0.05) is 11.6 Å². The van der Waals surface area contributed by atoms with Crippen LogP contribution in [0.15, 0.2) is 57.7 Å². The van der Waals surface area contributed by atoms with E-state index >= 15 is 0 Å². The minimum absolute atomic E-state index is 0.205. The number of hydrogen-bond acceptors (Lipinski definition) is 9. The zero-order valence-corrected chi connectivity index (χ0v) is 19.1. The number of fused-ring (bicyclic) bond motifs is 1. The third kappa shape index (κ3) is 4.35. The van der Waals surface area contributed by atoms with Crippen molar-refractivity contribution in [2.45, 2.75) is 0 Å². The molecule has 0 aliphatic rings. The molecule has 8 nitrogen and oxygen atoms in total. The molecule has 0 spiro atoms. The van der Waals surface area contributed by atoms with Crippen molar-refractivity contribution in [3.05, 3.63) is 63.8 Å². The van der Waals surface area contributed by atoms with Gasteiger partial charge in [0.1, 0.15) is 11.5 Å². The fourth-order valence-electron chi connectivity index (χ4n) is 3.36. The van der Waals surface area contributed by atoms with Crippen LogP contribution in [0.1, 0.15) is 10.4 Å². The molecule has 0 aliphatic carbocycles. The van der Waals surface area contributed by atoms with E-state index in [-0.39, 0.29) is 11.3 Å². The lowest BCUT2D eigenvalue weighted by atomic mass is 10.0. The molecule has 0 N–H and O–H groups in total.